The maximum absolute atomic E-state index is 13.3. The number of pyridine rings is 1. The quantitative estimate of drug-likeness (QED) is 0.568. The van der Waals surface area contributed by atoms with E-state index in [1.807, 2.05) is 35.1 Å². The zero-order valence-corrected chi connectivity index (χ0v) is 19.5. The molecule has 8 heteroatoms. The molecule has 1 amide bonds. The molecule has 0 radical (unpaired) electrons. The second-order valence-corrected chi connectivity index (χ2v) is 9.08. The van der Waals surface area contributed by atoms with Gasteiger partial charge in [-0.2, -0.15) is 0 Å². The number of aromatic nitrogens is 1. The Balaban J connectivity index is 1.63. The second kappa shape index (κ2) is 10.5. The van der Waals surface area contributed by atoms with E-state index in [-0.39, 0.29) is 16.9 Å². The van der Waals surface area contributed by atoms with Crippen molar-refractivity contribution in [3.63, 3.8) is 0 Å². The normalized spacial score (nSPS) is 14.6. The zero-order chi connectivity index (χ0) is 22.5. The fraction of sp³-hybridized carbons (Fsp3) is 0.333. The summed E-state index contributed by atoms with van der Waals surface area (Å²) in [5, 5.41) is 4.08. The molecule has 2 aromatic carbocycles. The number of morpholine rings is 1. The van der Waals surface area contributed by atoms with E-state index in [4.69, 9.17) is 16.3 Å². The molecule has 3 aromatic rings. The van der Waals surface area contributed by atoms with Crippen LogP contribution in [-0.4, -0.2) is 47.9 Å². The van der Waals surface area contributed by atoms with Crippen molar-refractivity contribution >= 4 is 40.2 Å². The Morgan fingerprint density at radius 3 is 2.56 bits per heavy atom. The molecule has 6 nitrogen and oxygen atoms in total. The molecular weight excluding hydrogens is 446 g/mol. The maximum atomic E-state index is 13.3. The van der Waals surface area contributed by atoms with Gasteiger partial charge in [-0.3, -0.25) is 14.5 Å². The molecule has 0 atom stereocenters. The van der Waals surface area contributed by atoms with Crippen LogP contribution in [0.3, 0.4) is 0 Å². The molecule has 0 spiro atoms. The molecule has 2 heterocycles. The van der Waals surface area contributed by atoms with Gasteiger partial charge in [-0.15, -0.1) is 11.8 Å². The van der Waals surface area contributed by atoms with Gasteiger partial charge in [-0.1, -0.05) is 29.8 Å². The minimum absolute atomic E-state index is 0.157. The molecule has 1 aliphatic rings. The monoisotopic (exact) mass is 471 g/mol. The number of nitrogens with zero attached hydrogens (tertiary/aromatic N) is 2. The summed E-state index contributed by atoms with van der Waals surface area (Å²) in [5.41, 5.74) is 2.73. The Kier molecular flexibility index (Phi) is 7.52. The van der Waals surface area contributed by atoms with Gasteiger partial charge in [0.2, 0.25) is 5.43 Å². The third-order valence-corrected chi connectivity index (χ3v) is 6.32. The van der Waals surface area contributed by atoms with Crippen molar-refractivity contribution in [3.8, 4) is 0 Å². The molecule has 0 unspecified atom stereocenters. The molecule has 0 saturated carbocycles. The first kappa shape index (κ1) is 22.9. The number of ether oxygens (including phenoxy) is 1. The lowest BCUT2D eigenvalue weighted by atomic mass is 10.1. The minimum atomic E-state index is -0.375. The number of thioether (sulfide) groups is 1. The highest BCUT2D eigenvalue weighted by Gasteiger charge is 2.17. The number of hydrogen-bond acceptors (Lipinski definition) is 5. The molecule has 1 fully saturated rings. The summed E-state index contributed by atoms with van der Waals surface area (Å²) in [4.78, 5) is 28.5. The van der Waals surface area contributed by atoms with Gasteiger partial charge in [0.05, 0.1) is 24.6 Å². The van der Waals surface area contributed by atoms with Crippen molar-refractivity contribution in [1.82, 2.24) is 14.8 Å². The molecular formula is C24H26ClN3O3S. The number of rotatable bonds is 7. The van der Waals surface area contributed by atoms with Gasteiger partial charge in [-0.05, 0) is 41.6 Å². The number of benzene rings is 2. The van der Waals surface area contributed by atoms with Crippen molar-refractivity contribution in [2.75, 3.05) is 32.6 Å². The van der Waals surface area contributed by atoms with E-state index in [0.29, 0.717) is 22.8 Å². The third kappa shape index (κ3) is 5.35. The fourth-order valence-corrected chi connectivity index (χ4v) is 4.47. The Morgan fingerprint density at radius 2 is 1.84 bits per heavy atom. The Hall–Kier alpha value is -2.32. The molecule has 1 aromatic heterocycles. The number of carbonyl (C=O) groups is 1. The van der Waals surface area contributed by atoms with Crippen LogP contribution < -0.4 is 10.7 Å². The first-order valence-electron chi connectivity index (χ1n) is 10.5. The van der Waals surface area contributed by atoms with Crippen LogP contribution in [0.5, 0.6) is 0 Å². The first-order chi connectivity index (χ1) is 15.5. The van der Waals surface area contributed by atoms with Crippen molar-refractivity contribution in [1.29, 1.82) is 0 Å². The zero-order valence-electron chi connectivity index (χ0n) is 18.0. The van der Waals surface area contributed by atoms with Gasteiger partial charge in [0, 0.05) is 42.8 Å². The lowest BCUT2D eigenvalue weighted by molar-refractivity contribution is 0.0342. The molecule has 1 saturated heterocycles. The van der Waals surface area contributed by atoms with E-state index in [1.165, 1.54) is 0 Å². The Morgan fingerprint density at radius 1 is 1.12 bits per heavy atom. The van der Waals surface area contributed by atoms with Crippen molar-refractivity contribution < 1.29 is 9.53 Å². The molecule has 1 aliphatic heterocycles. The Labute approximate surface area is 196 Å². The predicted molar refractivity (Wildman–Crippen MR) is 130 cm³/mol. The van der Waals surface area contributed by atoms with Gasteiger partial charge in [0.1, 0.15) is 5.56 Å². The summed E-state index contributed by atoms with van der Waals surface area (Å²) < 4.78 is 7.39. The smallest absolute Gasteiger partial charge is 0.257 e. The summed E-state index contributed by atoms with van der Waals surface area (Å²) in [6.07, 6.45) is 3.66. The van der Waals surface area contributed by atoms with Crippen LogP contribution in [0.25, 0.3) is 10.9 Å². The first-order valence-corrected chi connectivity index (χ1v) is 12.3. The van der Waals surface area contributed by atoms with Crippen molar-refractivity contribution in [3.05, 3.63) is 80.6 Å². The van der Waals surface area contributed by atoms with Crippen LogP contribution in [0.4, 0.5) is 0 Å². The standard InChI is InChI=1S/C24H26ClN3O3S/c1-32-16-28-15-21(24(30)26-13-17-2-5-19(25)6-3-17)23(29)20-12-18(4-7-22(20)28)14-27-8-10-31-11-9-27/h2-7,12,15H,8-11,13-14,16H2,1H3,(H,26,30). The molecule has 168 valence electrons. The van der Waals surface area contributed by atoms with Gasteiger partial charge < -0.3 is 14.6 Å². The van der Waals surface area contributed by atoms with E-state index in [0.717, 1.165) is 49.5 Å². The number of carbonyl (C=O) groups excluding carboxylic acids is 1. The lowest BCUT2D eigenvalue weighted by Gasteiger charge is -2.26. The van der Waals surface area contributed by atoms with E-state index < -0.39 is 0 Å². The van der Waals surface area contributed by atoms with Crippen LogP contribution in [-0.2, 0) is 23.7 Å². The number of amides is 1. The third-order valence-electron chi connectivity index (χ3n) is 5.53. The SMILES string of the molecule is CSCn1cc(C(=O)NCc2ccc(Cl)cc2)c(=O)c2cc(CN3CCOCC3)ccc21. The van der Waals surface area contributed by atoms with E-state index in [2.05, 4.69) is 16.3 Å². The number of hydrogen-bond donors (Lipinski definition) is 1. The van der Waals surface area contributed by atoms with Gasteiger partial charge in [0.25, 0.3) is 5.91 Å². The number of halogens is 1. The molecule has 0 aliphatic carbocycles. The van der Waals surface area contributed by atoms with E-state index >= 15 is 0 Å². The molecule has 1 N–H and O–H groups in total. The summed E-state index contributed by atoms with van der Waals surface area (Å²) in [6, 6.07) is 13.2. The topological polar surface area (TPSA) is 63.6 Å². The number of fused-ring (bicyclic) bond motifs is 1. The maximum Gasteiger partial charge on any atom is 0.257 e. The van der Waals surface area contributed by atoms with Crippen LogP contribution in [0.2, 0.25) is 5.02 Å². The minimum Gasteiger partial charge on any atom is -0.379 e. The van der Waals surface area contributed by atoms with Crippen molar-refractivity contribution in [2.45, 2.75) is 19.0 Å². The van der Waals surface area contributed by atoms with Crippen molar-refractivity contribution in [2.24, 2.45) is 0 Å². The predicted octanol–water partition coefficient (Wildman–Crippen LogP) is 3.74. The van der Waals surface area contributed by atoms with Crippen LogP contribution in [0.15, 0.2) is 53.5 Å². The highest BCUT2D eigenvalue weighted by molar-refractivity contribution is 7.97. The summed E-state index contributed by atoms with van der Waals surface area (Å²) >= 11 is 7.56. The Bertz CT molecular complexity index is 1160. The summed E-state index contributed by atoms with van der Waals surface area (Å²) in [6.45, 7) is 4.29. The fourth-order valence-electron chi connectivity index (χ4n) is 3.85. The number of nitrogens with one attached hydrogen (secondary N) is 1. The summed E-state index contributed by atoms with van der Waals surface area (Å²) in [7, 11) is 0. The highest BCUT2D eigenvalue weighted by atomic mass is 35.5. The van der Waals surface area contributed by atoms with E-state index in [1.54, 1.807) is 30.1 Å². The average molecular weight is 472 g/mol. The van der Waals surface area contributed by atoms with Gasteiger partial charge >= 0.3 is 0 Å². The van der Waals surface area contributed by atoms with Gasteiger partial charge in [0.15, 0.2) is 0 Å². The molecule has 32 heavy (non-hydrogen) atoms. The average Bonchev–Trinajstić information content (AvgIpc) is 2.81. The molecule has 0 bridgehead atoms. The van der Waals surface area contributed by atoms with Crippen LogP contribution in [0.1, 0.15) is 21.5 Å². The van der Waals surface area contributed by atoms with Gasteiger partial charge in [-0.25, -0.2) is 0 Å². The highest BCUT2D eigenvalue weighted by Crippen LogP contribution is 2.18. The molecule has 4 rings (SSSR count). The largest absolute Gasteiger partial charge is 0.379 e. The van der Waals surface area contributed by atoms with Crippen LogP contribution >= 0.6 is 23.4 Å². The summed E-state index contributed by atoms with van der Waals surface area (Å²) in [5.74, 6) is 0.275. The lowest BCUT2D eigenvalue weighted by Crippen LogP contribution is -2.35. The van der Waals surface area contributed by atoms with Crippen LogP contribution in [0, 0.1) is 0 Å². The second-order valence-electron chi connectivity index (χ2n) is 7.81. The van der Waals surface area contributed by atoms with E-state index in [9.17, 15) is 9.59 Å².